The number of carbonyl (C=O) groups is 4. The van der Waals surface area contributed by atoms with E-state index < -0.39 is 41.6 Å². The van der Waals surface area contributed by atoms with Gasteiger partial charge in [0, 0.05) is 6.54 Å². The number of esters is 1. The molecule has 1 aromatic carbocycles. The summed E-state index contributed by atoms with van der Waals surface area (Å²) in [5, 5.41) is 5.25. The molecule has 0 saturated carbocycles. The number of hydrogen-bond donors (Lipinski definition) is 2. The van der Waals surface area contributed by atoms with E-state index >= 15 is 0 Å². The largest absolute Gasteiger partial charge is 0.468 e. The predicted octanol–water partition coefficient (Wildman–Crippen LogP) is 3.13. The molecule has 0 aromatic heterocycles. The van der Waals surface area contributed by atoms with Gasteiger partial charge in [-0.1, -0.05) is 23.8 Å². The third-order valence-corrected chi connectivity index (χ3v) is 5.78. The Morgan fingerprint density at radius 3 is 2.31 bits per heavy atom. The maximum absolute atomic E-state index is 13.7. The fraction of sp³-hybridized carbons (Fsp3) is 0.600. The summed E-state index contributed by atoms with van der Waals surface area (Å²) in [7, 11) is 1.23. The quantitative estimate of drug-likeness (QED) is 0.441. The van der Waals surface area contributed by atoms with Crippen LogP contribution >= 0.6 is 11.8 Å². The number of hydrogen-bond acceptors (Lipinski definition) is 7. The first-order valence-corrected chi connectivity index (χ1v) is 12.9. The minimum Gasteiger partial charge on any atom is -0.468 e. The van der Waals surface area contributed by atoms with Gasteiger partial charge in [0.25, 0.3) is 0 Å². The molecule has 9 nitrogen and oxygen atoms in total. The van der Waals surface area contributed by atoms with Crippen LogP contribution in [-0.4, -0.2) is 72.6 Å². The summed E-state index contributed by atoms with van der Waals surface area (Å²) < 4.78 is 9.98. The summed E-state index contributed by atoms with van der Waals surface area (Å²) in [6.07, 6.45) is 1.57. The molecule has 2 unspecified atom stereocenters. The molecule has 3 amide bonds. The first kappa shape index (κ1) is 30.3. The monoisotopic (exact) mass is 509 g/mol. The van der Waals surface area contributed by atoms with E-state index in [2.05, 4.69) is 15.4 Å². The third kappa shape index (κ3) is 9.79. The Morgan fingerprint density at radius 1 is 1.14 bits per heavy atom. The van der Waals surface area contributed by atoms with E-state index in [9.17, 15) is 19.2 Å². The van der Waals surface area contributed by atoms with Gasteiger partial charge in [-0.25, -0.2) is 4.79 Å². The minimum atomic E-state index is -1.00. The van der Waals surface area contributed by atoms with Crippen LogP contribution in [-0.2, 0) is 23.9 Å². The number of nitrogens with one attached hydrogen (secondary N) is 2. The molecule has 0 aliphatic carbocycles. The zero-order valence-electron chi connectivity index (χ0n) is 22.0. The van der Waals surface area contributed by atoms with Gasteiger partial charge < -0.3 is 25.0 Å². The summed E-state index contributed by atoms with van der Waals surface area (Å²) >= 11 is 1.54. The van der Waals surface area contributed by atoms with Crippen molar-refractivity contribution in [3.05, 3.63) is 34.9 Å². The van der Waals surface area contributed by atoms with Gasteiger partial charge >= 0.3 is 12.1 Å². The smallest absolute Gasteiger partial charge is 0.408 e. The molecule has 0 aliphatic rings. The molecule has 196 valence electrons. The Balaban J connectivity index is 3.38. The van der Waals surface area contributed by atoms with Crippen LogP contribution in [0.3, 0.4) is 0 Å². The van der Waals surface area contributed by atoms with E-state index in [1.807, 2.05) is 32.2 Å². The second kappa shape index (κ2) is 14.0. The zero-order valence-corrected chi connectivity index (χ0v) is 22.8. The normalized spacial score (nSPS) is 12.8. The van der Waals surface area contributed by atoms with Gasteiger partial charge in [-0.05, 0) is 71.1 Å². The van der Waals surface area contributed by atoms with Crippen LogP contribution in [0.1, 0.15) is 56.8 Å². The molecular formula is C25H39N3O6S. The zero-order chi connectivity index (χ0) is 26.8. The first-order chi connectivity index (χ1) is 16.3. The van der Waals surface area contributed by atoms with Crippen molar-refractivity contribution in [1.29, 1.82) is 0 Å². The maximum atomic E-state index is 13.7. The van der Waals surface area contributed by atoms with Gasteiger partial charge in [-0.2, -0.15) is 11.8 Å². The number of carbonyl (C=O) groups excluding carboxylic acids is 4. The van der Waals surface area contributed by atoms with E-state index in [1.54, 1.807) is 45.5 Å². The molecule has 1 aromatic rings. The van der Waals surface area contributed by atoms with Crippen LogP contribution in [0.5, 0.6) is 0 Å². The highest BCUT2D eigenvalue weighted by molar-refractivity contribution is 7.98. The van der Waals surface area contributed by atoms with Crippen molar-refractivity contribution in [3.63, 3.8) is 0 Å². The van der Waals surface area contributed by atoms with Crippen molar-refractivity contribution in [3.8, 4) is 0 Å². The number of amides is 3. The molecule has 0 fully saturated rings. The first-order valence-electron chi connectivity index (χ1n) is 11.5. The van der Waals surface area contributed by atoms with E-state index in [1.165, 1.54) is 12.0 Å². The van der Waals surface area contributed by atoms with Gasteiger partial charge in [0.15, 0.2) is 0 Å². The van der Waals surface area contributed by atoms with Crippen molar-refractivity contribution in [1.82, 2.24) is 15.5 Å². The average molecular weight is 510 g/mol. The summed E-state index contributed by atoms with van der Waals surface area (Å²) in [4.78, 5) is 52.6. The van der Waals surface area contributed by atoms with Gasteiger partial charge in [0.05, 0.1) is 7.11 Å². The average Bonchev–Trinajstić information content (AvgIpc) is 2.77. The number of thioether (sulfide) groups is 1. The van der Waals surface area contributed by atoms with Gasteiger partial charge in [-0.3, -0.25) is 14.4 Å². The maximum Gasteiger partial charge on any atom is 0.408 e. The molecule has 10 heteroatoms. The van der Waals surface area contributed by atoms with E-state index in [0.29, 0.717) is 17.7 Å². The Bertz CT molecular complexity index is 900. The minimum absolute atomic E-state index is 0.203. The van der Waals surface area contributed by atoms with Crippen LogP contribution < -0.4 is 10.6 Å². The van der Waals surface area contributed by atoms with Crippen LogP contribution in [0.4, 0.5) is 4.79 Å². The molecule has 0 aliphatic heterocycles. The molecule has 0 radical (unpaired) electrons. The highest BCUT2D eigenvalue weighted by Gasteiger charge is 2.36. The second-order valence-electron chi connectivity index (χ2n) is 9.16. The molecular weight excluding hydrogens is 470 g/mol. The van der Waals surface area contributed by atoms with Gasteiger partial charge in [0.1, 0.15) is 24.2 Å². The summed E-state index contributed by atoms with van der Waals surface area (Å²) in [5.41, 5.74) is 1.75. The molecule has 0 heterocycles. The van der Waals surface area contributed by atoms with Crippen LogP contribution in [0.25, 0.3) is 0 Å². The number of methoxy groups -OCH3 is 1. The van der Waals surface area contributed by atoms with E-state index in [-0.39, 0.29) is 13.1 Å². The number of ether oxygens (including phenoxy) is 2. The number of benzene rings is 1. The van der Waals surface area contributed by atoms with Crippen LogP contribution in [0.2, 0.25) is 0 Å². The summed E-state index contributed by atoms with van der Waals surface area (Å²) in [6.45, 7) is 10.7. The second-order valence-corrected chi connectivity index (χ2v) is 10.1. The lowest BCUT2D eigenvalue weighted by atomic mass is 9.96. The highest BCUT2D eigenvalue weighted by Crippen LogP contribution is 2.26. The SMILES string of the molecule is CCN(C(=O)C(CCSC)NC(=O)OC(C)(C)C)C(C(=O)NCC(=O)OC)c1ccc(C)cc1C. The standard InChI is InChI=1S/C25H39N3O6S/c1-9-28(23(31)19(12-13-35-8)27-24(32)34-25(4,5)6)21(22(30)26-15-20(29)33-7)18-11-10-16(2)14-17(18)3/h10-11,14,19,21H,9,12-13,15H2,1-8H3,(H,26,30)(H,27,32). The van der Waals surface area contributed by atoms with Crippen molar-refractivity contribution in [2.75, 3.05) is 32.2 Å². The van der Waals surface area contributed by atoms with Crippen molar-refractivity contribution < 1.29 is 28.7 Å². The van der Waals surface area contributed by atoms with Gasteiger partial charge in [0.2, 0.25) is 11.8 Å². The van der Waals surface area contributed by atoms with Crippen molar-refractivity contribution in [2.45, 2.75) is 65.6 Å². The van der Waals surface area contributed by atoms with Crippen LogP contribution in [0, 0.1) is 13.8 Å². The van der Waals surface area contributed by atoms with Gasteiger partial charge in [-0.15, -0.1) is 0 Å². The number of rotatable bonds is 11. The van der Waals surface area contributed by atoms with Crippen molar-refractivity contribution in [2.24, 2.45) is 0 Å². The molecule has 0 spiro atoms. The molecule has 2 N–H and O–H groups in total. The van der Waals surface area contributed by atoms with E-state index in [0.717, 1.165) is 11.1 Å². The summed E-state index contributed by atoms with van der Waals surface area (Å²) in [6, 6.07) is 3.71. The lowest BCUT2D eigenvalue weighted by Crippen LogP contribution is -2.53. The number of likely N-dealkylation sites (N-methyl/N-ethyl adjacent to an activating group) is 1. The topological polar surface area (TPSA) is 114 Å². The molecule has 2 atom stereocenters. The Morgan fingerprint density at radius 2 is 1.80 bits per heavy atom. The lowest BCUT2D eigenvalue weighted by Gasteiger charge is -2.34. The fourth-order valence-corrected chi connectivity index (χ4v) is 3.99. The molecule has 1 rings (SSSR count). The fourth-order valence-electron chi connectivity index (χ4n) is 3.52. The van der Waals surface area contributed by atoms with Crippen molar-refractivity contribution >= 4 is 35.6 Å². The Labute approximate surface area is 212 Å². The molecule has 35 heavy (non-hydrogen) atoms. The number of aryl methyl sites for hydroxylation is 2. The Hall–Kier alpha value is -2.75. The third-order valence-electron chi connectivity index (χ3n) is 5.14. The molecule has 0 saturated heterocycles. The predicted molar refractivity (Wildman–Crippen MR) is 137 cm³/mol. The number of alkyl carbamates (subject to hydrolysis) is 1. The highest BCUT2D eigenvalue weighted by atomic mass is 32.2. The number of nitrogens with zero attached hydrogens (tertiary/aromatic N) is 1. The lowest BCUT2D eigenvalue weighted by molar-refractivity contribution is -0.144. The molecule has 0 bridgehead atoms. The Kier molecular flexibility index (Phi) is 12.1. The van der Waals surface area contributed by atoms with E-state index in [4.69, 9.17) is 4.74 Å². The summed E-state index contributed by atoms with van der Waals surface area (Å²) in [5.74, 6) is -0.910. The van der Waals surface area contributed by atoms with Crippen LogP contribution in [0.15, 0.2) is 18.2 Å².